The van der Waals surface area contributed by atoms with E-state index in [1.165, 1.54) is 12.1 Å². The number of hydrogen-bond donors (Lipinski definition) is 0. The number of nitrogens with zero attached hydrogens (tertiary/aromatic N) is 7. The van der Waals surface area contributed by atoms with Crippen molar-refractivity contribution in [2.24, 2.45) is 7.05 Å². The Morgan fingerprint density at radius 2 is 1.97 bits per heavy atom. The molecule has 0 aliphatic carbocycles. The first-order chi connectivity index (χ1) is 13.7. The highest BCUT2D eigenvalue weighted by Gasteiger charge is 2.33. The predicted octanol–water partition coefficient (Wildman–Crippen LogP) is 2.02. The number of halogens is 3. The Hall–Kier alpha value is -2.59. The smallest absolute Gasteiger partial charge is 0.335 e. The fraction of sp³-hybridized carbons (Fsp3) is 0.444. The van der Waals surface area contributed by atoms with Crippen LogP contribution in [0.4, 0.5) is 8.78 Å². The molecule has 1 saturated heterocycles. The second-order valence-corrected chi connectivity index (χ2v) is 7.65. The van der Waals surface area contributed by atoms with Crippen molar-refractivity contribution in [2.75, 3.05) is 26.2 Å². The highest BCUT2D eigenvalue weighted by molar-refractivity contribution is 6.21. The summed E-state index contributed by atoms with van der Waals surface area (Å²) in [6, 6.07) is 2.59. The molecule has 3 aromatic heterocycles. The van der Waals surface area contributed by atoms with Crippen LogP contribution in [-0.4, -0.2) is 66.3 Å². The van der Waals surface area contributed by atoms with Crippen molar-refractivity contribution >= 4 is 23.2 Å². The fourth-order valence-electron chi connectivity index (χ4n) is 3.49. The third-order valence-electron chi connectivity index (χ3n) is 4.89. The van der Waals surface area contributed by atoms with Gasteiger partial charge in [0.05, 0.1) is 6.20 Å². The molecule has 3 aromatic rings. The maximum Gasteiger partial charge on any atom is 0.364 e. The van der Waals surface area contributed by atoms with Crippen molar-refractivity contribution in [3.8, 4) is 0 Å². The molecular formula is C18H20ClF2N7O. The molecule has 8 nitrogen and oxygen atoms in total. The van der Waals surface area contributed by atoms with Crippen molar-refractivity contribution in [1.29, 1.82) is 0 Å². The monoisotopic (exact) mass is 423 g/mol. The van der Waals surface area contributed by atoms with Gasteiger partial charge >= 0.3 is 5.38 Å². The van der Waals surface area contributed by atoms with Crippen molar-refractivity contribution in [2.45, 2.75) is 18.9 Å². The first kappa shape index (κ1) is 19.7. The molecule has 29 heavy (non-hydrogen) atoms. The van der Waals surface area contributed by atoms with Gasteiger partial charge in [-0.2, -0.15) is 19.0 Å². The Morgan fingerprint density at radius 1 is 1.24 bits per heavy atom. The van der Waals surface area contributed by atoms with Crippen LogP contribution in [0.2, 0.25) is 0 Å². The van der Waals surface area contributed by atoms with Gasteiger partial charge in [0, 0.05) is 63.3 Å². The summed E-state index contributed by atoms with van der Waals surface area (Å²) in [5.41, 5.74) is 1.21. The second-order valence-electron chi connectivity index (χ2n) is 7.17. The molecule has 1 aliphatic heterocycles. The number of aryl methyl sites for hydroxylation is 2. The zero-order chi connectivity index (χ0) is 20.8. The number of amides is 1. The number of piperazine rings is 1. The van der Waals surface area contributed by atoms with Gasteiger partial charge in [-0.15, -0.1) is 0 Å². The van der Waals surface area contributed by atoms with E-state index in [1.807, 2.05) is 19.4 Å². The minimum absolute atomic E-state index is 0.0750. The van der Waals surface area contributed by atoms with E-state index in [4.69, 9.17) is 11.6 Å². The Kier molecular flexibility index (Phi) is 4.99. The highest BCUT2D eigenvalue weighted by atomic mass is 35.5. The quantitative estimate of drug-likeness (QED) is 0.600. The number of aromatic nitrogens is 5. The van der Waals surface area contributed by atoms with Gasteiger partial charge in [0.25, 0.3) is 5.91 Å². The Labute approximate surface area is 170 Å². The van der Waals surface area contributed by atoms with Crippen LogP contribution in [0, 0.1) is 6.92 Å². The summed E-state index contributed by atoms with van der Waals surface area (Å²) in [6.45, 7) is 4.81. The van der Waals surface area contributed by atoms with Gasteiger partial charge in [-0.3, -0.25) is 14.4 Å². The topological polar surface area (TPSA) is 71.6 Å². The van der Waals surface area contributed by atoms with Crippen molar-refractivity contribution in [3.05, 3.63) is 47.2 Å². The molecule has 4 heterocycles. The summed E-state index contributed by atoms with van der Waals surface area (Å²) < 4.78 is 30.1. The van der Waals surface area contributed by atoms with E-state index in [2.05, 4.69) is 20.1 Å². The van der Waals surface area contributed by atoms with Gasteiger partial charge in [0.2, 0.25) is 0 Å². The van der Waals surface area contributed by atoms with E-state index in [1.54, 1.807) is 16.5 Å². The third-order valence-corrected chi connectivity index (χ3v) is 5.08. The Balaban J connectivity index is 1.48. The van der Waals surface area contributed by atoms with Gasteiger partial charge in [-0.25, -0.2) is 9.50 Å². The maximum absolute atomic E-state index is 13.7. The molecule has 0 saturated carbocycles. The Morgan fingerprint density at radius 3 is 2.59 bits per heavy atom. The zero-order valence-electron chi connectivity index (χ0n) is 16.0. The molecule has 11 heteroatoms. The molecule has 4 rings (SSSR count). The van der Waals surface area contributed by atoms with Crippen LogP contribution in [0.15, 0.2) is 24.5 Å². The first-order valence-electron chi connectivity index (χ1n) is 9.14. The predicted molar refractivity (Wildman–Crippen MR) is 102 cm³/mol. The van der Waals surface area contributed by atoms with Gasteiger partial charge in [-0.05, 0) is 24.6 Å². The van der Waals surface area contributed by atoms with Crippen LogP contribution in [0.25, 0.3) is 5.65 Å². The summed E-state index contributed by atoms with van der Waals surface area (Å²) >= 11 is 5.20. The number of carbonyl (C=O) groups excluding carboxylic acids is 1. The lowest BCUT2D eigenvalue weighted by atomic mass is 10.2. The fourth-order valence-corrected chi connectivity index (χ4v) is 3.62. The molecule has 1 fully saturated rings. The summed E-state index contributed by atoms with van der Waals surface area (Å²) in [7, 11) is 1.87. The van der Waals surface area contributed by atoms with Crippen molar-refractivity contribution < 1.29 is 13.6 Å². The number of hydrogen-bond acceptors (Lipinski definition) is 5. The third kappa shape index (κ3) is 4.08. The average molecular weight is 424 g/mol. The van der Waals surface area contributed by atoms with Gasteiger partial charge in [0.1, 0.15) is 5.69 Å². The van der Waals surface area contributed by atoms with Crippen molar-refractivity contribution in [1.82, 2.24) is 34.2 Å². The normalized spacial score (nSPS) is 16.0. The van der Waals surface area contributed by atoms with Crippen LogP contribution in [0.3, 0.4) is 0 Å². The molecule has 0 radical (unpaired) electrons. The van der Waals surface area contributed by atoms with E-state index in [9.17, 15) is 13.6 Å². The molecule has 0 unspecified atom stereocenters. The molecule has 0 spiro atoms. The molecular weight excluding hydrogens is 404 g/mol. The lowest BCUT2D eigenvalue weighted by Gasteiger charge is -2.34. The van der Waals surface area contributed by atoms with E-state index in [0.29, 0.717) is 31.9 Å². The van der Waals surface area contributed by atoms with E-state index in [0.717, 1.165) is 16.6 Å². The number of fused-ring (bicyclic) bond motifs is 1. The molecule has 1 amide bonds. The van der Waals surface area contributed by atoms with E-state index in [-0.39, 0.29) is 17.2 Å². The molecule has 0 aromatic carbocycles. The molecule has 0 bridgehead atoms. The summed E-state index contributed by atoms with van der Waals surface area (Å²) in [4.78, 5) is 20.9. The first-order valence-corrected chi connectivity index (χ1v) is 9.52. The average Bonchev–Trinajstić information content (AvgIpc) is 3.26. The highest BCUT2D eigenvalue weighted by Crippen LogP contribution is 2.32. The lowest BCUT2D eigenvalue weighted by molar-refractivity contribution is 0.0620. The van der Waals surface area contributed by atoms with Crippen molar-refractivity contribution in [3.63, 3.8) is 0 Å². The second kappa shape index (κ2) is 7.34. The van der Waals surface area contributed by atoms with Crippen LogP contribution < -0.4 is 0 Å². The SMILES string of the molecule is Cc1cc(C(F)(F)Cl)n2nc(C(=O)N3CCN(Cc4cnn(C)c4)CC3)cc2n1. The van der Waals surface area contributed by atoms with E-state index < -0.39 is 11.1 Å². The molecule has 0 atom stereocenters. The van der Waals surface area contributed by atoms with Crippen LogP contribution in [0.5, 0.6) is 0 Å². The molecule has 154 valence electrons. The van der Waals surface area contributed by atoms with Gasteiger partial charge in [-0.1, -0.05) is 0 Å². The zero-order valence-corrected chi connectivity index (χ0v) is 16.8. The van der Waals surface area contributed by atoms with Gasteiger partial charge < -0.3 is 4.90 Å². The summed E-state index contributed by atoms with van der Waals surface area (Å²) in [5.74, 6) is -0.307. The molecule has 1 aliphatic rings. The van der Waals surface area contributed by atoms with Crippen LogP contribution in [0.1, 0.15) is 27.4 Å². The lowest BCUT2D eigenvalue weighted by Crippen LogP contribution is -2.48. The maximum atomic E-state index is 13.7. The molecule has 0 N–H and O–H groups in total. The number of alkyl halides is 3. The summed E-state index contributed by atoms with van der Waals surface area (Å²) in [5, 5.41) is 4.61. The number of carbonyl (C=O) groups is 1. The van der Waals surface area contributed by atoms with Gasteiger partial charge in [0.15, 0.2) is 11.3 Å². The minimum atomic E-state index is -3.61. The standard InChI is InChI=1S/C18H20ClF2N7O/c1-12-7-15(18(19,20)21)28-16(23-12)8-14(24-28)17(29)27-5-3-26(4-6-27)11-13-9-22-25(2)10-13/h7-10H,3-6,11H2,1-2H3. The van der Waals surface area contributed by atoms with E-state index >= 15 is 0 Å². The number of rotatable bonds is 4. The van der Waals surface area contributed by atoms with Crippen LogP contribution in [-0.2, 0) is 19.0 Å². The minimum Gasteiger partial charge on any atom is -0.335 e. The summed E-state index contributed by atoms with van der Waals surface area (Å²) in [6.07, 6.45) is 3.79. The Bertz CT molecular complexity index is 1050. The largest absolute Gasteiger partial charge is 0.364 e. The van der Waals surface area contributed by atoms with Crippen LogP contribution >= 0.6 is 11.6 Å².